The Morgan fingerprint density at radius 2 is 2.05 bits per heavy atom. The van der Waals surface area contributed by atoms with Gasteiger partial charge in [-0.25, -0.2) is 4.39 Å². The highest BCUT2D eigenvalue weighted by Crippen LogP contribution is 2.20. The Balaban J connectivity index is 2.15. The molecule has 20 heavy (non-hydrogen) atoms. The van der Waals surface area contributed by atoms with E-state index >= 15 is 0 Å². The first-order chi connectivity index (χ1) is 9.60. The van der Waals surface area contributed by atoms with Crippen molar-refractivity contribution in [3.05, 3.63) is 59.4 Å². The zero-order valence-corrected chi connectivity index (χ0v) is 11.4. The first kappa shape index (κ1) is 14.1. The van der Waals surface area contributed by atoms with Crippen LogP contribution < -0.4 is 10.1 Å². The number of carbonyl (C=O) groups is 1. The molecule has 0 heterocycles. The average molecular weight is 273 g/mol. The van der Waals surface area contributed by atoms with Gasteiger partial charge in [0.25, 0.3) is 5.91 Å². The van der Waals surface area contributed by atoms with Crippen LogP contribution in [0.3, 0.4) is 0 Å². The number of ether oxygens (including phenoxy) is 1. The fourth-order valence-electron chi connectivity index (χ4n) is 1.88. The molecule has 0 unspecified atom stereocenters. The summed E-state index contributed by atoms with van der Waals surface area (Å²) in [5.41, 5.74) is 1.83. The van der Waals surface area contributed by atoms with Crippen LogP contribution in [0.5, 0.6) is 5.75 Å². The van der Waals surface area contributed by atoms with Gasteiger partial charge in [0.1, 0.15) is 11.6 Å². The van der Waals surface area contributed by atoms with Gasteiger partial charge in [-0.15, -0.1) is 0 Å². The van der Waals surface area contributed by atoms with Crippen molar-refractivity contribution in [2.75, 3.05) is 11.9 Å². The maximum Gasteiger partial charge on any atom is 0.255 e. The zero-order valence-electron chi connectivity index (χ0n) is 11.4. The van der Waals surface area contributed by atoms with E-state index in [1.807, 2.05) is 13.8 Å². The van der Waals surface area contributed by atoms with Crippen molar-refractivity contribution in [2.45, 2.75) is 13.8 Å². The summed E-state index contributed by atoms with van der Waals surface area (Å²) >= 11 is 0. The summed E-state index contributed by atoms with van der Waals surface area (Å²) in [6.07, 6.45) is 0. The molecule has 0 spiro atoms. The molecule has 4 heteroatoms. The lowest BCUT2D eigenvalue weighted by Crippen LogP contribution is -2.12. The number of hydrogen-bond donors (Lipinski definition) is 1. The second-order valence-corrected chi connectivity index (χ2v) is 4.38. The number of benzene rings is 2. The Morgan fingerprint density at radius 1 is 1.25 bits per heavy atom. The summed E-state index contributed by atoms with van der Waals surface area (Å²) in [6.45, 7) is 4.36. The van der Waals surface area contributed by atoms with Gasteiger partial charge in [-0.3, -0.25) is 4.79 Å². The van der Waals surface area contributed by atoms with Crippen LogP contribution in [-0.2, 0) is 0 Å². The molecule has 0 aliphatic carbocycles. The number of rotatable bonds is 4. The molecule has 0 saturated carbocycles. The van der Waals surface area contributed by atoms with E-state index in [9.17, 15) is 9.18 Å². The molecule has 0 atom stereocenters. The molecular formula is C16H16FNO2. The smallest absolute Gasteiger partial charge is 0.255 e. The van der Waals surface area contributed by atoms with E-state index in [4.69, 9.17) is 4.74 Å². The van der Waals surface area contributed by atoms with Crippen LogP contribution >= 0.6 is 0 Å². The van der Waals surface area contributed by atoms with Gasteiger partial charge in [0.05, 0.1) is 6.61 Å². The van der Waals surface area contributed by atoms with E-state index in [0.29, 0.717) is 17.9 Å². The standard InChI is InChI=1S/C16H16FNO2/c1-3-20-15-8-7-12(9-11(15)2)16(19)18-14-6-4-5-13(17)10-14/h4-10H,3H2,1-2H3,(H,18,19). The predicted molar refractivity (Wildman–Crippen MR) is 76.7 cm³/mol. The lowest BCUT2D eigenvalue weighted by molar-refractivity contribution is 0.102. The van der Waals surface area contributed by atoms with Crippen molar-refractivity contribution in [2.24, 2.45) is 0 Å². The van der Waals surface area contributed by atoms with Crippen LogP contribution in [-0.4, -0.2) is 12.5 Å². The SMILES string of the molecule is CCOc1ccc(C(=O)Nc2cccc(F)c2)cc1C. The van der Waals surface area contributed by atoms with Crippen molar-refractivity contribution in [1.29, 1.82) is 0 Å². The molecule has 3 nitrogen and oxygen atoms in total. The summed E-state index contributed by atoms with van der Waals surface area (Å²) in [7, 11) is 0. The van der Waals surface area contributed by atoms with Crippen LogP contribution in [0.1, 0.15) is 22.8 Å². The van der Waals surface area contributed by atoms with Gasteiger partial charge in [0, 0.05) is 11.3 Å². The van der Waals surface area contributed by atoms with Crippen LogP contribution in [0.15, 0.2) is 42.5 Å². The van der Waals surface area contributed by atoms with Gasteiger partial charge in [-0.2, -0.15) is 0 Å². The molecule has 0 saturated heterocycles. The summed E-state index contributed by atoms with van der Waals surface area (Å²) in [5, 5.41) is 2.66. The van der Waals surface area contributed by atoms with E-state index < -0.39 is 0 Å². The Kier molecular flexibility index (Phi) is 4.35. The monoisotopic (exact) mass is 273 g/mol. The molecule has 1 amide bonds. The van der Waals surface area contributed by atoms with E-state index in [2.05, 4.69) is 5.32 Å². The Bertz CT molecular complexity index is 626. The number of aryl methyl sites for hydroxylation is 1. The highest BCUT2D eigenvalue weighted by Gasteiger charge is 2.09. The van der Waals surface area contributed by atoms with Crippen LogP contribution in [0, 0.1) is 12.7 Å². The van der Waals surface area contributed by atoms with Crippen molar-refractivity contribution in [3.8, 4) is 5.75 Å². The zero-order chi connectivity index (χ0) is 14.5. The van der Waals surface area contributed by atoms with E-state index in [1.54, 1.807) is 30.3 Å². The number of anilines is 1. The van der Waals surface area contributed by atoms with Gasteiger partial charge < -0.3 is 10.1 Å². The number of amides is 1. The summed E-state index contributed by atoms with van der Waals surface area (Å²) in [4.78, 5) is 12.1. The molecule has 0 aliphatic heterocycles. The van der Waals surface area contributed by atoms with Crippen molar-refractivity contribution in [1.82, 2.24) is 0 Å². The van der Waals surface area contributed by atoms with E-state index in [-0.39, 0.29) is 11.7 Å². The molecule has 0 radical (unpaired) electrons. The summed E-state index contributed by atoms with van der Waals surface area (Å²) in [6, 6.07) is 11.0. The van der Waals surface area contributed by atoms with Crippen LogP contribution in [0.25, 0.3) is 0 Å². The third kappa shape index (κ3) is 3.35. The largest absolute Gasteiger partial charge is 0.494 e. The summed E-state index contributed by atoms with van der Waals surface area (Å²) in [5.74, 6) is 0.0993. The summed E-state index contributed by atoms with van der Waals surface area (Å²) < 4.78 is 18.5. The molecule has 2 aromatic rings. The van der Waals surface area contributed by atoms with E-state index in [1.165, 1.54) is 12.1 Å². The lowest BCUT2D eigenvalue weighted by Gasteiger charge is -2.09. The Hall–Kier alpha value is -2.36. The molecule has 2 rings (SSSR count). The molecule has 0 aromatic heterocycles. The van der Waals surface area contributed by atoms with Crippen molar-refractivity contribution in [3.63, 3.8) is 0 Å². The van der Waals surface area contributed by atoms with Gasteiger partial charge in [-0.1, -0.05) is 6.07 Å². The fourth-order valence-corrected chi connectivity index (χ4v) is 1.88. The highest BCUT2D eigenvalue weighted by atomic mass is 19.1. The Labute approximate surface area is 117 Å². The molecule has 0 aliphatic rings. The topological polar surface area (TPSA) is 38.3 Å². The minimum Gasteiger partial charge on any atom is -0.494 e. The predicted octanol–water partition coefficient (Wildman–Crippen LogP) is 3.79. The van der Waals surface area contributed by atoms with Crippen molar-refractivity contribution >= 4 is 11.6 Å². The lowest BCUT2D eigenvalue weighted by atomic mass is 10.1. The maximum atomic E-state index is 13.1. The van der Waals surface area contributed by atoms with Crippen LogP contribution in [0.2, 0.25) is 0 Å². The fraction of sp³-hybridized carbons (Fsp3) is 0.188. The molecular weight excluding hydrogens is 257 g/mol. The van der Waals surface area contributed by atoms with Crippen molar-refractivity contribution < 1.29 is 13.9 Å². The minimum absolute atomic E-state index is 0.276. The second-order valence-electron chi connectivity index (χ2n) is 4.38. The highest BCUT2D eigenvalue weighted by molar-refractivity contribution is 6.04. The quantitative estimate of drug-likeness (QED) is 0.920. The molecule has 2 aromatic carbocycles. The van der Waals surface area contributed by atoms with Crippen LogP contribution in [0.4, 0.5) is 10.1 Å². The van der Waals surface area contributed by atoms with Gasteiger partial charge in [-0.05, 0) is 55.8 Å². The van der Waals surface area contributed by atoms with Gasteiger partial charge in [0.15, 0.2) is 0 Å². The van der Waals surface area contributed by atoms with Gasteiger partial charge in [0.2, 0.25) is 0 Å². The number of hydrogen-bond acceptors (Lipinski definition) is 2. The third-order valence-electron chi connectivity index (χ3n) is 2.82. The minimum atomic E-state index is -0.384. The third-order valence-corrected chi connectivity index (χ3v) is 2.82. The average Bonchev–Trinajstić information content (AvgIpc) is 2.41. The maximum absolute atomic E-state index is 13.1. The number of halogens is 1. The first-order valence-corrected chi connectivity index (χ1v) is 6.40. The Morgan fingerprint density at radius 3 is 2.70 bits per heavy atom. The molecule has 0 bridgehead atoms. The van der Waals surface area contributed by atoms with Gasteiger partial charge >= 0.3 is 0 Å². The normalized spacial score (nSPS) is 10.2. The second kappa shape index (κ2) is 6.19. The molecule has 1 N–H and O–H groups in total. The first-order valence-electron chi connectivity index (χ1n) is 6.40. The number of carbonyl (C=O) groups excluding carboxylic acids is 1. The number of nitrogens with one attached hydrogen (secondary N) is 1. The van der Waals surface area contributed by atoms with E-state index in [0.717, 1.165) is 11.3 Å². The molecule has 104 valence electrons. The molecule has 0 fully saturated rings.